The van der Waals surface area contributed by atoms with Crippen molar-refractivity contribution in [1.82, 2.24) is 15.5 Å². The molecule has 10 heteroatoms. The van der Waals surface area contributed by atoms with Crippen LogP contribution < -0.4 is 10.6 Å². The summed E-state index contributed by atoms with van der Waals surface area (Å²) in [5.41, 5.74) is 0.470. The molecule has 1 heterocycles. The molecular weight excluding hydrogens is 420 g/mol. The zero-order valence-electron chi connectivity index (χ0n) is 16.8. The molecule has 1 aromatic carbocycles. The second-order valence-corrected chi connectivity index (χ2v) is 8.98. The molecule has 0 unspecified atom stereocenters. The van der Waals surface area contributed by atoms with Crippen molar-refractivity contribution in [3.05, 3.63) is 46.0 Å². The predicted octanol–water partition coefficient (Wildman–Crippen LogP) is 2.65. The molecule has 4 N–H and O–H groups in total. The molecule has 2 fully saturated rings. The number of aliphatic carboxylic acids is 2. The van der Waals surface area contributed by atoms with Crippen molar-refractivity contribution in [2.75, 3.05) is 5.32 Å². The molecule has 2 aliphatic carbocycles. The summed E-state index contributed by atoms with van der Waals surface area (Å²) in [6.07, 6.45) is 4.90. The van der Waals surface area contributed by atoms with E-state index in [-0.39, 0.29) is 28.2 Å². The van der Waals surface area contributed by atoms with E-state index in [1.165, 1.54) is 23.8 Å². The van der Waals surface area contributed by atoms with Gasteiger partial charge in [0, 0.05) is 35.2 Å². The average molecular weight is 442 g/mol. The van der Waals surface area contributed by atoms with Crippen LogP contribution in [0.15, 0.2) is 24.3 Å². The van der Waals surface area contributed by atoms with E-state index < -0.39 is 23.4 Å². The first kappa shape index (κ1) is 21.1. The summed E-state index contributed by atoms with van der Waals surface area (Å²) in [6.45, 7) is 1.75. The van der Waals surface area contributed by atoms with Crippen LogP contribution in [0.3, 0.4) is 0 Å². The number of aryl methyl sites for hydroxylation is 1. The maximum atomic E-state index is 13.0. The van der Waals surface area contributed by atoms with E-state index in [0.717, 1.165) is 19.3 Å². The fourth-order valence-corrected chi connectivity index (χ4v) is 4.43. The molecule has 2 saturated carbocycles. The minimum absolute atomic E-state index is 0.0173. The number of amides is 1. The average Bonchev–Trinajstić information content (AvgIpc) is 3.34. The van der Waals surface area contributed by atoms with Crippen molar-refractivity contribution in [2.24, 2.45) is 0 Å². The first-order valence-corrected chi connectivity index (χ1v) is 10.8. The molecular formula is C21H22N4O5S. The van der Waals surface area contributed by atoms with E-state index in [4.69, 9.17) is 0 Å². The normalized spacial score (nSPS) is 20.7. The van der Waals surface area contributed by atoms with E-state index in [1.807, 2.05) is 0 Å². The van der Waals surface area contributed by atoms with Gasteiger partial charge >= 0.3 is 11.9 Å². The summed E-state index contributed by atoms with van der Waals surface area (Å²) >= 11 is 1.19. The first-order valence-electron chi connectivity index (χ1n) is 10.0. The van der Waals surface area contributed by atoms with Crippen molar-refractivity contribution >= 4 is 39.9 Å². The lowest BCUT2D eigenvalue weighted by molar-refractivity contribution is -0.133. The highest BCUT2D eigenvalue weighted by Gasteiger charge is 2.42. The topological polar surface area (TPSA) is 142 Å². The summed E-state index contributed by atoms with van der Waals surface area (Å²) in [7, 11) is 0. The number of anilines is 1. The number of carboxylic acids is 2. The number of carbonyl (C=O) groups excluding carboxylic acids is 1. The number of nitrogens with zero attached hydrogens (tertiary/aromatic N) is 2. The summed E-state index contributed by atoms with van der Waals surface area (Å²) in [5, 5.41) is 33.9. The highest BCUT2D eigenvalue weighted by atomic mass is 32.1. The molecule has 0 saturated heterocycles. The van der Waals surface area contributed by atoms with Crippen molar-refractivity contribution in [3.8, 4) is 0 Å². The summed E-state index contributed by atoms with van der Waals surface area (Å²) in [4.78, 5) is 36.3. The zero-order valence-corrected chi connectivity index (χ0v) is 17.6. The fourth-order valence-electron chi connectivity index (χ4n) is 3.85. The number of benzene rings is 1. The minimum Gasteiger partial charge on any atom is -0.478 e. The van der Waals surface area contributed by atoms with E-state index in [0.29, 0.717) is 22.7 Å². The van der Waals surface area contributed by atoms with E-state index in [2.05, 4.69) is 20.8 Å². The van der Waals surface area contributed by atoms with Crippen LogP contribution in [0, 0.1) is 6.92 Å². The monoisotopic (exact) mass is 442 g/mol. The number of carboxylic acid groups (broad SMARTS) is 2. The Morgan fingerprint density at radius 2 is 1.97 bits per heavy atom. The number of nitrogens with one attached hydrogen (secondary N) is 2. The number of hydrogen-bond acceptors (Lipinski definition) is 7. The molecule has 1 amide bonds. The van der Waals surface area contributed by atoms with Gasteiger partial charge in [0.05, 0.1) is 5.57 Å². The molecule has 4 rings (SSSR count). The second-order valence-electron chi connectivity index (χ2n) is 7.79. The van der Waals surface area contributed by atoms with Gasteiger partial charge in [0.25, 0.3) is 5.91 Å². The third-order valence-electron chi connectivity index (χ3n) is 5.60. The zero-order chi connectivity index (χ0) is 22.1. The number of rotatable bonds is 8. The lowest BCUT2D eigenvalue weighted by Crippen LogP contribution is -2.37. The quantitative estimate of drug-likeness (QED) is 0.457. The van der Waals surface area contributed by atoms with Crippen molar-refractivity contribution in [3.63, 3.8) is 0 Å². The summed E-state index contributed by atoms with van der Waals surface area (Å²) in [5.74, 6) is -3.34. The van der Waals surface area contributed by atoms with Gasteiger partial charge in [0.2, 0.25) is 5.13 Å². The van der Waals surface area contributed by atoms with Crippen molar-refractivity contribution < 1.29 is 24.6 Å². The van der Waals surface area contributed by atoms with E-state index >= 15 is 0 Å². The van der Waals surface area contributed by atoms with Crippen LogP contribution in [0.2, 0.25) is 0 Å². The molecule has 2 aromatic rings. The van der Waals surface area contributed by atoms with Gasteiger partial charge in [0.15, 0.2) is 0 Å². The molecule has 162 valence electrons. The molecule has 0 radical (unpaired) electrons. The Morgan fingerprint density at radius 3 is 2.55 bits per heavy atom. The van der Waals surface area contributed by atoms with Gasteiger partial charge in [-0.25, -0.2) is 9.59 Å². The molecule has 1 aromatic heterocycles. The van der Waals surface area contributed by atoms with Gasteiger partial charge in [-0.2, -0.15) is 0 Å². The van der Waals surface area contributed by atoms with Crippen LogP contribution in [-0.4, -0.2) is 50.3 Å². The summed E-state index contributed by atoms with van der Waals surface area (Å²) in [6, 6.07) is 5.62. The van der Waals surface area contributed by atoms with Crippen LogP contribution >= 0.6 is 11.3 Å². The Bertz CT molecular complexity index is 1080. The molecule has 2 atom stereocenters. The molecule has 0 aliphatic heterocycles. The molecule has 31 heavy (non-hydrogen) atoms. The Labute approximate surface area is 182 Å². The maximum absolute atomic E-state index is 13.0. The van der Waals surface area contributed by atoms with Crippen molar-refractivity contribution in [2.45, 2.75) is 50.6 Å². The lowest BCUT2D eigenvalue weighted by atomic mass is 9.90. The lowest BCUT2D eigenvalue weighted by Gasteiger charge is -2.27. The van der Waals surface area contributed by atoms with Gasteiger partial charge in [-0.15, -0.1) is 10.2 Å². The highest BCUT2D eigenvalue weighted by molar-refractivity contribution is 7.15. The van der Waals surface area contributed by atoms with Crippen LogP contribution in [0.5, 0.6) is 0 Å². The third-order valence-corrected chi connectivity index (χ3v) is 6.35. The van der Waals surface area contributed by atoms with Crippen LogP contribution in [0.1, 0.15) is 58.1 Å². The van der Waals surface area contributed by atoms with Gasteiger partial charge in [-0.1, -0.05) is 29.9 Å². The summed E-state index contributed by atoms with van der Waals surface area (Å²) < 4.78 is 0. The second kappa shape index (κ2) is 8.56. The standard InChI is InChI=1S/C21H22N4O5S/c1-10-24-25-21(31-10)23-19(28)13-7-3-6-12(14-8-16(14)22-11-4-2-5-11)18(13)15(20(29)30)9-17(26)27/h3,6-7,9,11,14,16,22H,2,4-5,8H2,1H3,(H,26,27)(H,29,30)(H,23,25,28)/b15-9-/t14-,16+/m0/s1. The fraction of sp³-hybridized carbons (Fsp3) is 0.381. The van der Waals surface area contributed by atoms with Crippen LogP contribution in [0.4, 0.5) is 5.13 Å². The largest absolute Gasteiger partial charge is 0.478 e. The SMILES string of the molecule is Cc1nnc(NC(=O)c2cccc([C@@H]3C[C@H]3NC3CCC3)c2/C(=C/C(=O)O)C(=O)O)s1. The molecule has 0 bridgehead atoms. The Kier molecular flexibility index (Phi) is 5.84. The molecule has 0 spiro atoms. The molecule has 2 aliphatic rings. The van der Waals surface area contributed by atoms with Crippen LogP contribution in [0.25, 0.3) is 5.57 Å². The van der Waals surface area contributed by atoms with Gasteiger partial charge < -0.3 is 15.5 Å². The van der Waals surface area contributed by atoms with Gasteiger partial charge in [-0.05, 0) is 37.8 Å². The first-order chi connectivity index (χ1) is 14.8. The molecule has 9 nitrogen and oxygen atoms in total. The van der Waals surface area contributed by atoms with E-state index in [1.54, 1.807) is 19.1 Å². The number of carbonyl (C=O) groups is 3. The minimum atomic E-state index is -1.40. The van der Waals surface area contributed by atoms with Crippen molar-refractivity contribution in [1.29, 1.82) is 0 Å². The maximum Gasteiger partial charge on any atom is 0.336 e. The third kappa shape index (κ3) is 4.64. The van der Waals surface area contributed by atoms with Gasteiger partial charge in [0.1, 0.15) is 5.01 Å². The Morgan fingerprint density at radius 1 is 1.19 bits per heavy atom. The predicted molar refractivity (Wildman–Crippen MR) is 114 cm³/mol. The number of hydrogen-bond donors (Lipinski definition) is 4. The Balaban J connectivity index is 1.72. The highest BCUT2D eigenvalue weighted by Crippen LogP contribution is 2.45. The smallest absolute Gasteiger partial charge is 0.336 e. The van der Waals surface area contributed by atoms with E-state index in [9.17, 15) is 24.6 Å². The van der Waals surface area contributed by atoms with Crippen LogP contribution in [-0.2, 0) is 9.59 Å². The number of aromatic nitrogens is 2. The Hall–Kier alpha value is -3.11. The van der Waals surface area contributed by atoms with Gasteiger partial charge in [-0.3, -0.25) is 10.1 Å².